The Morgan fingerprint density at radius 2 is 1.86 bits per heavy atom. The normalized spacial score (nSPS) is 16.1. The van der Waals surface area contributed by atoms with E-state index in [9.17, 15) is 9.59 Å². The summed E-state index contributed by atoms with van der Waals surface area (Å²) >= 11 is 0. The maximum absolute atomic E-state index is 12.7. The Morgan fingerprint density at radius 1 is 1.14 bits per heavy atom. The minimum Gasteiger partial charge on any atom is -0.484 e. The number of anilines is 2. The van der Waals surface area contributed by atoms with Gasteiger partial charge in [0.05, 0.1) is 6.04 Å². The largest absolute Gasteiger partial charge is 0.484 e. The van der Waals surface area contributed by atoms with Gasteiger partial charge in [0, 0.05) is 38.6 Å². The first kappa shape index (κ1) is 20.5. The first-order valence-corrected chi connectivity index (χ1v) is 9.84. The highest BCUT2D eigenvalue weighted by atomic mass is 16.5. The lowest BCUT2D eigenvalue weighted by molar-refractivity contribution is -0.122. The van der Waals surface area contributed by atoms with Crippen molar-refractivity contribution in [2.45, 2.75) is 18.9 Å². The van der Waals surface area contributed by atoms with Crippen LogP contribution in [0.3, 0.4) is 0 Å². The lowest BCUT2D eigenvalue weighted by Gasteiger charge is -2.38. The summed E-state index contributed by atoms with van der Waals surface area (Å²) < 4.78 is 5.37. The van der Waals surface area contributed by atoms with Crippen LogP contribution in [-0.2, 0) is 4.79 Å². The number of amides is 3. The van der Waals surface area contributed by atoms with E-state index in [1.807, 2.05) is 25.2 Å². The summed E-state index contributed by atoms with van der Waals surface area (Å²) in [4.78, 5) is 28.1. The molecular weight excluding hydrogens is 368 g/mol. The average molecular weight is 396 g/mol. The number of urea groups is 1. The fraction of sp³-hybridized carbons (Fsp3) is 0.364. The molecule has 7 heteroatoms. The Kier molecular flexibility index (Phi) is 6.94. The molecule has 1 heterocycles. The van der Waals surface area contributed by atoms with E-state index in [2.05, 4.69) is 27.7 Å². The van der Waals surface area contributed by atoms with Gasteiger partial charge in [0.2, 0.25) is 0 Å². The van der Waals surface area contributed by atoms with Gasteiger partial charge in [0.25, 0.3) is 5.91 Å². The van der Waals surface area contributed by atoms with Gasteiger partial charge in [-0.25, -0.2) is 4.79 Å². The number of hydrogen-bond acceptors (Lipinski definition) is 4. The molecule has 0 bridgehead atoms. The molecule has 2 aromatic rings. The van der Waals surface area contributed by atoms with E-state index in [4.69, 9.17) is 4.74 Å². The van der Waals surface area contributed by atoms with Crippen LogP contribution in [0.1, 0.15) is 12.8 Å². The quantitative estimate of drug-likeness (QED) is 0.787. The zero-order valence-corrected chi connectivity index (χ0v) is 16.9. The minimum absolute atomic E-state index is 0.0372. The minimum atomic E-state index is -0.193. The van der Waals surface area contributed by atoms with Crippen LogP contribution in [0.25, 0.3) is 0 Å². The fourth-order valence-electron chi connectivity index (χ4n) is 3.38. The van der Waals surface area contributed by atoms with Crippen LogP contribution in [-0.4, -0.2) is 56.7 Å². The third-order valence-corrected chi connectivity index (χ3v) is 5.14. The van der Waals surface area contributed by atoms with E-state index in [0.29, 0.717) is 11.4 Å². The molecule has 0 spiro atoms. The summed E-state index contributed by atoms with van der Waals surface area (Å²) in [5, 5.41) is 5.43. The summed E-state index contributed by atoms with van der Waals surface area (Å²) in [5.74, 6) is 0.381. The van der Waals surface area contributed by atoms with Gasteiger partial charge in [-0.3, -0.25) is 4.79 Å². The Labute approximate surface area is 171 Å². The molecule has 0 radical (unpaired) electrons. The molecule has 2 N–H and O–H groups in total. The molecule has 2 aromatic carbocycles. The molecule has 3 rings (SSSR count). The number of benzene rings is 2. The Morgan fingerprint density at radius 3 is 2.55 bits per heavy atom. The molecule has 0 aliphatic carbocycles. The van der Waals surface area contributed by atoms with E-state index in [1.54, 1.807) is 36.2 Å². The van der Waals surface area contributed by atoms with Crippen molar-refractivity contribution in [3.8, 4) is 5.75 Å². The van der Waals surface area contributed by atoms with Crippen LogP contribution in [0, 0.1) is 0 Å². The summed E-state index contributed by atoms with van der Waals surface area (Å²) in [6, 6.07) is 17.3. The number of piperidine rings is 1. The second kappa shape index (κ2) is 9.82. The average Bonchev–Trinajstić information content (AvgIpc) is 2.78. The number of rotatable bonds is 6. The number of nitrogens with one attached hydrogen (secondary N) is 2. The highest BCUT2D eigenvalue weighted by Crippen LogP contribution is 2.22. The van der Waals surface area contributed by atoms with Crippen molar-refractivity contribution in [3.63, 3.8) is 0 Å². The topological polar surface area (TPSA) is 73.9 Å². The second-order valence-electron chi connectivity index (χ2n) is 7.10. The van der Waals surface area contributed by atoms with Crippen LogP contribution in [0.4, 0.5) is 16.2 Å². The smallest absolute Gasteiger partial charge is 0.321 e. The molecule has 1 aliphatic rings. The SMILES string of the molecule is CNC(=O)COc1ccc(NC(=O)N(C)C2CCCN(c3ccccc3)C2)cc1. The summed E-state index contributed by atoms with van der Waals surface area (Å²) in [6.45, 7) is 1.79. The zero-order valence-electron chi connectivity index (χ0n) is 16.9. The standard InChI is InChI=1S/C22H28N4O3/c1-23-21(27)16-29-20-12-10-17(11-13-20)24-22(28)25(2)19-9-6-14-26(15-19)18-7-4-3-5-8-18/h3-5,7-8,10-13,19H,6,9,14-16H2,1-2H3,(H,23,27)(H,24,28). The van der Waals surface area contributed by atoms with Crippen LogP contribution in [0.5, 0.6) is 5.75 Å². The molecule has 1 fully saturated rings. The number of likely N-dealkylation sites (N-methyl/N-ethyl adjacent to an activating group) is 2. The molecule has 1 saturated heterocycles. The predicted octanol–water partition coefficient (Wildman–Crippen LogP) is 2.94. The van der Waals surface area contributed by atoms with Crippen molar-refractivity contribution in [3.05, 3.63) is 54.6 Å². The third-order valence-electron chi connectivity index (χ3n) is 5.14. The maximum Gasteiger partial charge on any atom is 0.321 e. The van der Waals surface area contributed by atoms with Gasteiger partial charge in [0.15, 0.2) is 6.61 Å². The van der Waals surface area contributed by atoms with Gasteiger partial charge >= 0.3 is 6.03 Å². The zero-order chi connectivity index (χ0) is 20.6. The van der Waals surface area contributed by atoms with Gasteiger partial charge < -0.3 is 25.2 Å². The lowest BCUT2D eigenvalue weighted by atomic mass is 10.0. The Bertz CT molecular complexity index is 811. The molecule has 1 aliphatic heterocycles. The van der Waals surface area contributed by atoms with Crippen LogP contribution >= 0.6 is 0 Å². The van der Waals surface area contributed by atoms with Crippen molar-refractivity contribution in [2.75, 3.05) is 44.0 Å². The molecular formula is C22H28N4O3. The molecule has 3 amide bonds. The van der Waals surface area contributed by atoms with Crippen LogP contribution < -0.4 is 20.3 Å². The highest BCUT2D eigenvalue weighted by molar-refractivity contribution is 5.89. The van der Waals surface area contributed by atoms with Crippen LogP contribution in [0.2, 0.25) is 0 Å². The molecule has 1 atom stereocenters. The molecule has 29 heavy (non-hydrogen) atoms. The molecule has 154 valence electrons. The molecule has 0 saturated carbocycles. The molecule has 0 aromatic heterocycles. The van der Waals surface area contributed by atoms with Gasteiger partial charge in [-0.1, -0.05) is 18.2 Å². The van der Waals surface area contributed by atoms with E-state index >= 15 is 0 Å². The van der Waals surface area contributed by atoms with E-state index in [-0.39, 0.29) is 24.6 Å². The first-order chi connectivity index (χ1) is 14.1. The number of nitrogens with zero attached hydrogens (tertiary/aromatic N) is 2. The number of para-hydroxylation sites is 1. The summed E-state index contributed by atoms with van der Waals surface area (Å²) in [5.41, 5.74) is 1.88. The number of carbonyl (C=O) groups is 2. The van der Waals surface area contributed by atoms with Gasteiger partial charge in [-0.05, 0) is 49.2 Å². The second-order valence-corrected chi connectivity index (χ2v) is 7.10. The number of hydrogen-bond donors (Lipinski definition) is 2. The monoisotopic (exact) mass is 396 g/mol. The Hall–Kier alpha value is -3.22. The fourth-order valence-corrected chi connectivity index (χ4v) is 3.38. The van der Waals surface area contributed by atoms with Gasteiger partial charge in [0.1, 0.15) is 5.75 Å². The Balaban J connectivity index is 1.54. The maximum atomic E-state index is 12.7. The molecule has 7 nitrogen and oxygen atoms in total. The van der Waals surface area contributed by atoms with E-state index < -0.39 is 0 Å². The number of carbonyl (C=O) groups excluding carboxylic acids is 2. The summed E-state index contributed by atoms with van der Waals surface area (Å²) in [6.07, 6.45) is 2.04. The van der Waals surface area contributed by atoms with Crippen molar-refractivity contribution in [2.24, 2.45) is 0 Å². The summed E-state index contributed by atoms with van der Waals surface area (Å²) in [7, 11) is 3.40. The molecule has 1 unspecified atom stereocenters. The van der Waals surface area contributed by atoms with E-state index in [1.165, 1.54) is 5.69 Å². The number of ether oxygens (including phenoxy) is 1. The predicted molar refractivity (Wildman–Crippen MR) is 114 cm³/mol. The van der Waals surface area contributed by atoms with Gasteiger partial charge in [-0.15, -0.1) is 0 Å². The van der Waals surface area contributed by atoms with Crippen molar-refractivity contribution in [1.29, 1.82) is 0 Å². The van der Waals surface area contributed by atoms with Crippen molar-refractivity contribution in [1.82, 2.24) is 10.2 Å². The van der Waals surface area contributed by atoms with Crippen LogP contribution in [0.15, 0.2) is 54.6 Å². The first-order valence-electron chi connectivity index (χ1n) is 9.84. The van der Waals surface area contributed by atoms with Crippen molar-refractivity contribution < 1.29 is 14.3 Å². The third kappa shape index (κ3) is 5.63. The van der Waals surface area contributed by atoms with Gasteiger partial charge in [-0.2, -0.15) is 0 Å². The lowest BCUT2D eigenvalue weighted by Crippen LogP contribution is -2.49. The highest BCUT2D eigenvalue weighted by Gasteiger charge is 2.26. The van der Waals surface area contributed by atoms with Crippen molar-refractivity contribution >= 4 is 23.3 Å². The van der Waals surface area contributed by atoms with E-state index in [0.717, 1.165) is 25.9 Å².